The molecule has 0 aliphatic heterocycles. The Morgan fingerprint density at radius 2 is 2.13 bits per heavy atom. The van der Waals surface area contributed by atoms with Crippen molar-refractivity contribution in [3.8, 4) is 0 Å². The zero-order valence-electron chi connectivity index (χ0n) is 14.4. The number of methoxy groups -OCH3 is 1. The van der Waals surface area contributed by atoms with Crippen molar-refractivity contribution in [3.63, 3.8) is 0 Å². The molecule has 8 heteroatoms. The van der Waals surface area contributed by atoms with Crippen molar-refractivity contribution in [3.05, 3.63) is 16.1 Å². The number of hydrogen-bond donors (Lipinski definition) is 2. The first-order chi connectivity index (χ1) is 11.1. The largest absolute Gasteiger partial charge is 0.383 e. The summed E-state index contributed by atoms with van der Waals surface area (Å²) in [6.45, 7) is 4.17. The molecule has 0 atom stereocenters. The van der Waals surface area contributed by atoms with Gasteiger partial charge in [0.15, 0.2) is 5.96 Å². The predicted octanol–water partition coefficient (Wildman–Crippen LogP) is 0.518. The highest BCUT2D eigenvalue weighted by atomic mass is 32.1. The van der Waals surface area contributed by atoms with Crippen LogP contribution >= 0.6 is 11.3 Å². The molecule has 1 heterocycles. The summed E-state index contributed by atoms with van der Waals surface area (Å²) in [4.78, 5) is 23.2. The molecule has 7 nitrogen and oxygen atoms in total. The Labute approximate surface area is 142 Å². The molecule has 0 unspecified atom stereocenters. The Hall–Kier alpha value is -1.67. The van der Waals surface area contributed by atoms with Gasteiger partial charge < -0.3 is 20.3 Å². The van der Waals surface area contributed by atoms with Gasteiger partial charge in [-0.25, -0.2) is 9.98 Å². The van der Waals surface area contributed by atoms with E-state index in [4.69, 9.17) is 4.74 Å². The minimum absolute atomic E-state index is 0.0367. The minimum atomic E-state index is -0.0367. The van der Waals surface area contributed by atoms with Gasteiger partial charge >= 0.3 is 0 Å². The minimum Gasteiger partial charge on any atom is -0.383 e. The molecule has 1 rings (SSSR count). The number of carbonyl (C=O) groups is 1. The number of guanidine groups is 1. The molecule has 1 aromatic rings. The van der Waals surface area contributed by atoms with Gasteiger partial charge in [0.25, 0.3) is 0 Å². The monoisotopic (exact) mass is 341 g/mol. The van der Waals surface area contributed by atoms with Crippen molar-refractivity contribution in [2.75, 3.05) is 47.4 Å². The number of aromatic nitrogens is 1. The smallest absolute Gasteiger partial charge is 0.243 e. The number of nitrogens with one attached hydrogen (secondary N) is 2. The molecule has 1 amide bonds. The van der Waals surface area contributed by atoms with Gasteiger partial charge in [0.05, 0.1) is 11.6 Å². The van der Waals surface area contributed by atoms with E-state index >= 15 is 0 Å². The summed E-state index contributed by atoms with van der Waals surface area (Å²) in [6.07, 6.45) is 3.78. The van der Waals surface area contributed by atoms with E-state index in [2.05, 4.69) is 27.5 Å². The van der Waals surface area contributed by atoms with Crippen molar-refractivity contribution in [1.29, 1.82) is 0 Å². The van der Waals surface area contributed by atoms with Crippen molar-refractivity contribution in [2.24, 2.45) is 4.99 Å². The first kappa shape index (κ1) is 19.4. The fraction of sp³-hybridized carbons (Fsp3) is 0.667. The Morgan fingerprint density at radius 1 is 1.39 bits per heavy atom. The molecule has 0 bridgehead atoms. The van der Waals surface area contributed by atoms with Crippen LogP contribution in [0.25, 0.3) is 0 Å². The SMILES string of the molecule is CCc1cnc(CCNC(=NCC(=O)N(C)C)NCCOC)s1. The van der Waals surface area contributed by atoms with Crippen LogP contribution in [-0.4, -0.2) is 69.2 Å². The van der Waals surface area contributed by atoms with Crippen LogP contribution in [0, 0.1) is 0 Å². The van der Waals surface area contributed by atoms with Crippen LogP contribution < -0.4 is 10.6 Å². The van der Waals surface area contributed by atoms with Crippen LogP contribution in [0.4, 0.5) is 0 Å². The topological polar surface area (TPSA) is 78.9 Å². The summed E-state index contributed by atoms with van der Waals surface area (Å²) in [6, 6.07) is 0. The normalized spacial score (nSPS) is 11.4. The lowest BCUT2D eigenvalue weighted by molar-refractivity contribution is -0.127. The fourth-order valence-electron chi connectivity index (χ4n) is 1.65. The first-order valence-corrected chi connectivity index (χ1v) is 8.53. The molecule has 0 fully saturated rings. The third-order valence-corrected chi connectivity index (χ3v) is 4.25. The van der Waals surface area contributed by atoms with Crippen LogP contribution in [0.2, 0.25) is 0 Å². The van der Waals surface area contributed by atoms with Crippen molar-refractivity contribution < 1.29 is 9.53 Å². The van der Waals surface area contributed by atoms with Crippen LogP contribution in [0.1, 0.15) is 16.8 Å². The predicted molar refractivity (Wildman–Crippen MR) is 94.1 cm³/mol. The van der Waals surface area contributed by atoms with Crippen LogP contribution in [-0.2, 0) is 22.4 Å². The van der Waals surface area contributed by atoms with Crippen LogP contribution in [0.15, 0.2) is 11.2 Å². The van der Waals surface area contributed by atoms with Crippen LogP contribution in [0.5, 0.6) is 0 Å². The van der Waals surface area contributed by atoms with E-state index < -0.39 is 0 Å². The number of hydrogen-bond acceptors (Lipinski definition) is 5. The van der Waals surface area contributed by atoms with E-state index in [1.54, 1.807) is 32.5 Å². The van der Waals surface area contributed by atoms with E-state index in [1.807, 2.05) is 6.20 Å². The molecule has 23 heavy (non-hydrogen) atoms. The quantitative estimate of drug-likeness (QED) is 0.389. The first-order valence-electron chi connectivity index (χ1n) is 7.71. The summed E-state index contributed by atoms with van der Waals surface area (Å²) >= 11 is 1.74. The second kappa shape index (κ2) is 11.0. The maximum atomic E-state index is 11.6. The Bertz CT molecular complexity index is 502. The number of likely N-dealkylation sites (N-methyl/N-ethyl adjacent to an activating group) is 1. The van der Waals surface area contributed by atoms with Crippen molar-refractivity contribution in [2.45, 2.75) is 19.8 Å². The number of ether oxygens (including phenoxy) is 1. The Morgan fingerprint density at radius 3 is 2.74 bits per heavy atom. The average Bonchev–Trinajstić information content (AvgIpc) is 2.99. The maximum Gasteiger partial charge on any atom is 0.243 e. The average molecular weight is 341 g/mol. The maximum absolute atomic E-state index is 11.6. The third kappa shape index (κ3) is 7.94. The zero-order chi connectivity index (χ0) is 17.1. The number of aliphatic imine (C=N–C) groups is 1. The van der Waals surface area contributed by atoms with E-state index in [9.17, 15) is 4.79 Å². The number of carbonyl (C=O) groups excluding carboxylic acids is 1. The molecular weight excluding hydrogens is 314 g/mol. The number of thiazole rings is 1. The standard InChI is InChI=1S/C15H27N5O2S/c1-5-12-10-18-13(23-12)6-7-16-15(17-8-9-22-4)19-11-14(21)20(2)3/h10H,5-9,11H2,1-4H3,(H2,16,17,19). The van der Waals surface area contributed by atoms with E-state index in [-0.39, 0.29) is 12.5 Å². The van der Waals surface area contributed by atoms with Gasteiger partial charge in [0.1, 0.15) is 6.54 Å². The number of amides is 1. The van der Waals surface area contributed by atoms with Gasteiger partial charge in [-0.05, 0) is 6.42 Å². The second-order valence-electron chi connectivity index (χ2n) is 5.12. The van der Waals surface area contributed by atoms with E-state index in [0.717, 1.165) is 17.8 Å². The molecule has 2 N–H and O–H groups in total. The fourth-order valence-corrected chi connectivity index (χ4v) is 2.51. The highest BCUT2D eigenvalue weighted by Gasteiger charge is 2.05. The summed E-state index contributed by atoms with van der Waals surface area (Å²) in [5, 5.41) is 7.48. The van der Waals surface area contributed by atoms with Crippen molar-refractivity contribution in [1.82, 2.24) is 20.5 Å². The summed E-state index contributed by atoms with van der Waals surface area (Å²) < 4.78 is 5.02. The number of rotatable bonds is 9. The van der Waals surface area contributed by atoms with Gasteiger partial charge in [-0.15, -0.1) is 11.3 Å². The van der Waals surface area contributed by atoms with E-state index in [1.165, 1.54) is 9.78 Å². The highest BCUT2D eigenvalue weighted by molar-refractivity contribution is 7.11. The molecule has 0 aromatic carbocycles. The molecule has 0 spiro atoms. The van der Waals surface area contributed by atoms with E-state index in [0.29, 0.717) is 25.7 Å². The van der Waals surface area contributed by atoms with Gasteiger partial charge in [-0.1, -0.05) is 6.92 Å². The molecule has 0 aliphatic carbocycles. The molecule has 0 aliphatic rings. The second-order valence-corrected chi connectivity index (χ2v) is 6.32. The van der Waals surface area contributed by atoms with Gasteiger partial charge in [0, 0.05) is 51.8 Å². The molecule has 1 aromatic heterocycles. The number of nitrogens with zero attached hydrogens (tertiary/aromatic N) is 3. The summed E-state index contributed by atoms with van der Waals surface area (Å²) in [5.41, 5.74) is 0. The van der Waals surface area contributed by atoms with Crippen LogP contribution in [0.3, 0.4) is 0 Å². The number of aryl methyl sites for hydroxylation is 1. The molecule has 0 saturated heterocycles. The third-order valence-electron chi connectivity index (χ3n) is 3.05. The zero-order valence-corrected chi connectivity index (χ0v) is 15.2. The molecule has 0 saturated carbocycles. The lowest BCUT2D eigenvalue weighted by Crippen LogP contribution is -2.40. The molecular formula is C15H27N5O2S. The summed E-state index contributed by atoms with van der Waals surface area (Å²) in [7, 11) is 5.09. The summed E-state index contributed by atoms with van der Waals surface area (Å²) in [5.74, 6) is 0.579. The molecule has 0 radical (unpaired) electrons. The van der Waals surface area contributed by atoms with Gasteiger partial charge in [-0.2, -0.15) is 0 Å². The Kier molecular flexibility index (Phi) is 9.23. The Balaban J connectivity index is 2.47. The van der Waals surface area contributed by atoms with Gasteiger partial charge in [0.2, 0.25) is 5.91 Å². The lowest BCUT2D eigenvalue weighted by atomic mass is 10.4. The molecule has 130 valence electrons. The highest BCUT2D eigenvalue weighted by Crippen LogP contribution is 2.13. The van der Waals surface area contributed by atoms with Crippen molar-refractivity contribution >= 4 is 23.2 Å². The lowest BCUT2D eigenvalue weighted by Gasteiger charge is -2.13. The van der Waals surface area contributed by atoms with Gasteiger partial charge in [-0.3, -0.25) is 4.79 Å².